The Kier molecular flexibility index (Phi) is 12.4. The predicted octanol–water partition coefficient (Wildman–Crippen LogP) is 1.41. The van der Waals surface area contributed by atoms with Crippen LogP contribution in [0, 0.1) is 11.8 Å². The van der Waals surface area contributed by atoms with Gasteiger partial charge in [-0.2, -0.15) is 0 Å². The summed E-state index contributed by atoms with van der Waals surface area (Å²) in [6, 6.07) is 2.51. The number of carbonyl (C=O) groups is 4. The van der Waals surface area contributed by atoms with Crippen LogP contribution in [-0.4, -0.2) is 93.6 Å². The van der Waals surface area contributed by atoms with E-state index < -0.39 is 35.9 Å². The summed E-state index contributed by atoms with van der Waals surface area (Å²) < 4.78 is 13.1. The van der Waals surface area contributed by atoms with E-state index in [1.807, 2.05) is 18.7 Å². The molecule has 1 aliphatic heterocycles. The topological polar surface area (TPSA) is 177 Å². The van der Waals surface area contributed by atoms with E-state index in [0.717, 1.165) is 12.8 Å². The predicted molar refractivity (Wildman–Crippen MR) is 168 cm³/mol. The molecule has 14 heteroatoms. The number of hydrogen-bond donors (Lipinski definition) is 4. The number of methoxy groups -OCH3 is 1. The molecule has 0 radical (unpaired) electrons. The highest BCUT2D eigenvalue weighted by Crippen LogP contribution is 2.31. The maximum atomic E-state index is 13.4. The zero-order valence-corrected chi connectivity index (χ0v) is 27.2. The van der Waals surface area contributed by atoms with Gasteiger partial charge in [0, 0.05) is 37.7 Å². The lowest BCUT2D eigenvalue weighted by Gasteiger charge is -2.26. The van der Waals surface area contributed by atoms with Gasteiger partial charge in [-0.25, -0.2) is 0 Å². The number of aromatic nitrogens is 3. The van der Waals surface area contributed by atoms with Crippen LogP contribution in [0.3, 0.4) is 0 Å². The van der Waals surface area contributed by atoms with Crippen LogP contribution in [0.4, 0.5) is 0 Å². The van der Waals surface area contributed by atoms with Crippen molar-refractivity contribution in [2.75, 3.05) is 26.7 Å². The molecule has 14 nitrogen and oxygen atoms in total. The van der Waals surface area contributed by atoms with Gasteiger partial charge in [0.15, 0.2) is 11.5 Å². The van der Waals surface area contributed by atoms with Gasteiger partial charge in [0.2, 0.25) is 17.7 Å². The maximum absolute atomic E-state index is 13.4. The molecule has 1 fully saturated rings. The van der Waals surface area contributed by atoms with Crippen LogP contribution in [0.15, 0.2) is 24.4 Å². The molecule has 252 valence electrons. The summed E-state index contributed by atoms with van der Waals surface area (Å²) in [5, 5.41) is 27.0. The second kappa shape index (κ2) is 16.4. The first-order valence-electron chi connectivity index (χ1n) is 16.1. The summed E-state index contributed by atoms with van der Waals surface area (Å²) in [6.07, 6.45) is 4.73. The largest absolute Gasteiger partial charge is 0.493 e. The van der Waals surface area contributed by atoms with Crippen molar-refractivity contribution in [3.8, 4) is 11.5 Å². The van der Waals surface area contributed by atoms with Crippen LogP contribution in [0.25, 0.3) is 0 Å². The van der Waals surface area contributed by atoms with Crippen molar-refractivity contribution in [3.05, 3.63) is 35.7 Å². The fraction of sp³-hybridized carbons (Fsp3) is 0.625. The first-order chi connectivity index (χ1) is 22.0. The Balaban J connectivity index is 1.56. The summed E-state index contributed by atoms with van der Waals surface area (Å²) >= 11 is 0. The van der Waals surface area contributed by atoms with Gasteiger partial charge in [0.05, 0.1) is 19.4 Å². The molecular weight excluding hydrogens is 594 g/mol. The molecule has 4 N–H and O–H groups in total. The van der Waals surface area contributed by atoms with Gasteiger partial charge in [-0.1, -0.05) is 19.1 Å². The fourth-order valence-corrected chi connectivity index (χ4v) is 5.29. The Labute approximate surface area is 269 Å². The second-order valence-corrected chi connectivity index (χ2v) is 12.5. The van der Waals surface area contributed by atoms with Gasteiger partial charge in [0.1, 0.15) is 24.4 Å². The van der Waals surface area contributed by atoms with Crippen LogP contribution in [-0.2, 0) is 27.5 Å². The molecule has 3 atom stereocenters. The number of hydrogen-bond acceptors (Lipinski definition) is 9. The van der Waals surface area contributed by atoms with Gasteiger partial charge < -0.3 is 35.4 Å². The first-order valence-corrected chi connectivity index (χ1v) is 16.1. The SMILES string of the molecule is COc1ccc2cc1OCc1cn(nn1)CCCN(C(=O)C1CC1)CCCCNC(=O)[C@H]([C@@H](C)O)NC(=O)[C@@H](CC(C)C)NC2=O. The molecule has 4 amide bonds. The van der Waals surface area contributed by atoms with E-state index >= 15 is 0 Å². The van der Waals surface area contributed by atoms with Gasteiger partial charge in [0.25, 0.3) is 5.91 Å². The molecule has 1 saturated carbocycles. The molecule has 0 unspecified atom stereocenters. The minimum absolute atomic E-state index is 0.0382. The molecule has 1 aromatic heterocycles. The van der Waals surface area contributed by atoms with Gasteiger partial charge >= 0.3 is 0 Å². The van der Waals surface area contributed by atoms with Gasteiger partial charge in [-0.15, -0.1) is 5.10 Å². The molecule has 0 saturated heterocycles. The van der Waals surface area contributed by atoms with Crippen LogP contribution in [0.5, 0.6) is 11.5 Å². The number of carbonyl (C=O) groups excluding carboxylic acids is 4. The second-order valence-electron chi connectivity index (χ2n) is 12.5. The highest BCUT2D eigenvalue weighted by Gasteiger charge is 2.33. The van der Waals surface area contributed by atoms with E-state index in [-0.39, 0.29) is 29.9 Å². The van der Waals surface area contributed by atoms with E-state index in [0.29, 0.717) is 69.1 Å². The molecule has 2 aromatic rings. The molecule has 2 aliphatic rings. The number of aliphatic hydroxyl groups excluding tert-OH is 1. The lowest BCUT2D eigenvalue weighted by Crippen LogP contribution is -2.57. The van der Waals surface area contributed by atoms with Crippen molar-refractivity contribution in [2.45, 2.75) is 90.6 Å². The van der Waals surface area contributed by atoms with Gasteiger partial charge in [-0.3, -0.25) is 23.9 Å². The Morgan fingerprint density at radius 3 is 2.52 bits per heavy atom. The van der Waals surface area contributed by atoms with E-state index in [1.54, 1.807) is 23.0 Å². The number of fused-ring (bicyclic) bond motifs is 4. The Hall–Kier alpha value is -4.20. The number of rotatable bonds is 5. The number of aliphatic hydroxyl groups is 1. The number of benzene rings is 1. The van der Waals surface area contributed by atoms with Crippen molar-refractivity contribution in [3.63, 3.8) is 0 Å². The van der Waals surface area contributed by atoms with Crippen molar-refractivity contribution < 1.29 is 33.8 Å². The number of nitrogens with zero attached hydrogens (tertiary/aromatic N) is 4. The number of aryl methyl sites for hydroxylation is 1. The van der Waals surface area contributed by atoms with Crippen LogP contribution in [0.1, 0.15) is 75.3 Å². The summed E-state index contributed by atoms with van der Waals surface area (Å²) in [7, 11) is 1.49. The summed E-state index contributed by atoms with van der Waals surface area (Å²) in [5.41, 5.74) is 0.825. The van der Waals surface area contributed by atoms with Crippen LogP contribution < -0.4 is 25.4 Å². The minimum atomic E-state index is -1.21. The van der Waals surface area contributed by atoms with E-state index in [4.69, 9.17) is 9.47 Å². The molecule has 0 spiro atoms. The third kappa shape index (κ3) is 9.90. The zero-order valence-electron chi connectivity index (χ0n) is 27.2. The van der Waals surface area contributed by atoms with E-state index in [2.05, 4.69) is 26.3 Å². The van der Waals surface area contributed by atoms with Crippen LogP contribution >= 0.6 is 0 Å². The third-order valence-corrected chi connectivity index (χ3v) is 7.99. The van der Waals surface area contributed by atoms with Crippen molar-refractivity contribution in [1.29, 1.82) is 0 Å². The lowest BCUT2D eigenvalue weighted by molar-refractivity contribution is -0.133. The third-order valence-electron chi connectivity index (χ3n) is 7.99. The molecule has 1 aliphatic carbocycles. The molecule has 46 heavy (non-hydrogen) atoms. The molecule has 2 heterocycles. The minimum Gasteiger partial charge on any atom is -0.493 e. The van der Waals surface area contributed by atoms with Crippen molar-refractivity contribution >= 4 is 23.6 Å². The smallest absolute Gasteiger partial charge is 0.252 e. The number of amides is 4. The quantitative estimate of drug-likeness (QED) is 0.376. The lowest BCUT2D eigenvalue weighted by atomic mass is 10.0. The highest BCUT2D eigenvalue weighted by molar-refractivity contribution is 5.99. The van der Waals surface area contributed by atoms with Crippen molar-refractivity contribution in [2.24, 2.45) is 11.8 Å². The normalized spacial score (nSPS) is 21.7. The molecule has 1 aromatic carbocycles. The Bertz CT molecular complexity index is 1360. The van der Waals surface area contributed by atoms with Crippen LogP contribution in [0.2, 0.25) is 0 Å². The summed E-state index contributed by atoms with van der Waals surface area (Å²) in [4.78, 5) is 54.6. The fourth-order valence-electron chi connectivity index (χ4n) is 5.29. The Morgan fingerprint density at radius 2 is 1.83 bits per heavy atom. The highest BCUT2D eigenvalue weighted by atomic mass is 16.5. The molecular formula is C32H47N7O7. The van der Waals surface area contributed by atoms with E-state index in [1.165, 1.54) is 20.1 Å². The standard InChI is InChI=1S/C32H47N7O7/c1-20(2)16-25-30(42)35-28(21(3)40)31(43)33-12-5-6-13-38(32(44)22-8-9-22)14-7-15-39-18-24(36-37-39)19-46-27-17-23(29(41)34-25)10-11-26(27)45-4/h10-11,17-18,20-22,25,28,40H,5-9,12-16,19H2,1-4H3,(H,33,43)(H,34,41)(H,35,42)/t21-,25-,28+/m1/s1. The number of ether oxygens (including phenoxy) is 2. The first kappa shape index (κ1) is 34.7. The number of nitrogens with one attached hydrogen (secondary N) is 3. The average Bonchev–Trinajstić information content (AvgIpc) is 3.78. The van der Waals surface area contributed by atoms with E-state index in [9.17, 15) is 24.3 Å². The average molecular weight is 642 g/mol. The Morgan fingerprint density at radius 1 is 1.07 bits per heavy atom. The molecule has 4 bridgehead atoms. The van der Waals surface area contributed by atoms with Crippen molar-refractivity contribution in [1.82, 2.24) is 35.8 Å². The summed E-state index contributed by atoms with van der Waals surface area (Å²) in [6.45, 7) is 7.37. The zero-order chi connectivity index (χ0) is 33.2. The van der Waals surface area contributed by atoms with Gasteiger partial charge in [-0.05, 0) is 69.6 Å². The maximum Gasteiger partial charge on any atom is 0.252 e. The monoisotopic (exact) mass is 641 g/mol. The summed E-state index contributed by atoms with van der Waals surface area (Å²) in [5.74, 6) is -0.608. The molecule has 4 rings (SSSR count).